The third-order valence-corrected chi connectivity index (χ3v) is 5.03. The molecule has 2 heterocycles. The Hall–Kier alpha value is -2.75. The Morgan fingerprint density at radius 1 is 1.09 bits per heavy atom. The van der Waals surface area contributed by atoms with Crippen molar-refractivity contribution in [2.24, 2.45) is 14.1 Å². The van der Waals surface area contributed by atoms with E-state index in [1.807, 2.05) is 0 Å². The fourth-order valence-electron chi connectivity index (χ4n) is 2.20. The second-order valence-corrected chi connectivity index (χ2v) is 6.64. The molecule has 0 N–H and O–H groups in total. The van der Waals surface area contributed by atoms with E-state index < -0.39 is 32.0 Å². The largest absolute Gasteiger partial charge is 0.332 e. The Labute approximate surface area is 129 Å². The van der Waals surface area contributed by atoms with E-state index in [0.717, 1.165) is 27.5 Å². The number of aryl methyl sites for hydroxylation is 1. The number of hydrogen-bond donors (Lipinski definition) is 0. The highest BCUT2D eigenvalue weighted by Crippen LogP contribution is 2.18. The molecule has 0 amide bonds. The summed E-state index contributed by atoms with van der Waals surface area (Å²) in [6, 6.07) is 4.82. The lowest BCUT2D eigenvalue weighted by Gasteiger charge is -2.04. The van der Waals surface area contributed by atoms with E-state index >= 15 is 0 Å². The van der Waals surface area contributed by atoms with Crippen LogP contribution in [0.1, 0.15) is 0 Å². The first-order valence-electron chi connectivity index (χ1n) is 6.40. The van der Waals surface area contributed by atoms with Crippen LogP contribution < -0.4 is 11.2 Å². The minimum atomic E-state index is -4.32. The molecule has 0 aliphatic carbocycles. The second kappa shape index (κ2) is 4.88. The van der Waals surface area contributed by atoms with Crippen LogP contribution in [0.5, 0.6) is 0 Å². The summed E-state index contributed by atoms with van der Waals surface area (Å²) in [5, 5.41) is 3.72. The number of aromatic nitrogens is 4. The van der Waals surface area contributed by atoms with Gasteiger partial charge < -0.3 is 0 Å². The lowest BCUT2D eigenvalue weighted by molar-refractivity contribution is 0.556. The Bertz CT molecular complexity index is 1160. The lowest BCUT2D eigenvalue weighted by atomic mass is 10.4. The number of fused-ring (bicyclic) bond motifs is 1. The van der Waals surface area contributed by atoms with Crippen molar-refractivity contribution in [1.29, 1.82) is 0 Å². The molecule has 10 heteroatoms. The van der Waals surface area contributed by atoms with E-state index in [2.05, 4.69) is 5.10 Å². The molecular weight excluding hydrogens is 327 g/mol. The molecule has 0 atom stereocenters. The van der Waals surface area contributed by atoms with E-state index in [1.165, 1.54) is 26.2 Å². The monoisotopic (exact) mass is 338 g/mol. The van der Waals surface area contributed by atoms with Crippen molar-refractivity contribution >= 4 is 21.1 Å². The maximum absolute atomic E-state index is 13.8. The predicted molar refractivity (Wildman–Crippen MR) is 79.2 cm³/mol. The number of halogens is 1. The molecule has 0 aliphatic rings. The van der Waals surface area contributed by atoms with Crippen LogP contribution in [0.4, 0.5) is 4.39 Å². The molecule has 1 aromatic carbocycles. The molecule has 0 fully saturated rings. The first kappa shape index (κ1) is 15.2. The Balaban J connectivity index is 2.37. The molecule has 3 aromatic rings. The maximum atomic E-state index is 13.8. The molecule has 2 aromatic heterocycles. The van der Waals surface area contributed by atoms with Gasteiger partial charge in [0.15, 0.2) is 5.65 Å². The van der Waals surface area contributed by atoms with Crippen molar-refractivity contribution in [2.45, 2.75) is 4.90 Å². The van der Waals surface area contributed by atoms with Gasteiger partial charge in [-0.3, -0.25) is 13.9 Å². The third-order valence-electron chi connectivity index (χ3n) is 3.46. The van der Waals surface area contributed by atoms with Crippen LogP contribution in [-0.4, -0.2) is 26.7 Å². The highest BCUT2D eigenvalue weighted by molar-refractivity contribution is 7.89. The molecule has 0 bridgehead atoms. The van der Waals surface area contributed by atoms with Crippen molar-refractivity contribution < 1.29 is 12.8 Å². The van der Waals surface area contributed by atoms with Gasteiger partial charge in [0.2, 0.25) is 0 Å². The molecular formula is C13H11FN4O4S. The van der Waals surface area contributed by atoms with Gasteiger partial charge in [-0.05, 0) is 12.1 Å². The van der Waals surface area contributed by atoms with Gasteiger partial charge in [0.25, 0.3) is 15.6 Å². The van der Waals surface area contributed by atoms with Crippen molar-refractivity contribution in [3.8, 4) is 0 Å². The summed E-state index contributed by atoms with van der Waals surface area (Å²) < 4.78 is 41.1. The van der Waals surface area contributed by atoms with Crippen LogP contribution in [0.3, 0.4) is 0 Å². The van der Waals surface area contributed by atoms with Gasteiger partial charge in [0.05, 0.1) is 6.20 Å². The van der Waals surface area contributed by atoms with Crippen LogP contribution in [0, 0.1) is 5.82 Å². The summed E-state index contributed by atoms with van der Waals surface area (Å²) in [5.74, 6) is -0.936. The summed E-state index contributed by atoms with van der Waals surface area (Å²) in [6.45, 7) is 0. The molecule has 0 saturated carbocycles. The van der Waals surface area contributed by atoms with Crippen molar-refractivity contribution in [3.63, 3.8) is 0 Å². The highest BCUT2D eigenvalue weighted by Gasteiger charge is 2.24. The minimum Gasteiger partial charge on any atom is -0.279 e. The zero-order chi connectivity index (χ0) is 16.9. The fraction of sp³-hybridized carbons (Fsp3) is 0.154. The normalized spacial score (nSPS) is 12.0. The lowest BCUT2D eigenvalue weighted by Crippen LogP contribution is -2.36. The predicted octanol–water partition coefficient (Wildman–Crippen LogP) is -0.190. The molecule has 0 spiro atoms. The summed E-state index contributed by atoms with van der Waals surface area (Å²) in [6.07, 6.45) is 0.971. The first-order chi connectivity index (χ1) is 10.7. The average molecular weight is 338 g/mol. The second-order valence-electron chi connectivity index (χ2n) is 4.88. The summed E-state index contributed by atoms with van der Waals surface area (Å²) in [7, 11) is -1.69. The smallest absolute Gasteiger partial charge is 0.279 e. The molecule has 120 valence electrons. The summed E-state index contributed by atoms with van der Waals surface area (Å²) >= 11 is 0. The van der Waals surface area contributed by atoms with Crippen LogP contribution >= 0.6 is 0 Å². The van der Waals surface area contributed by atoms with E-state index in [-0.39, 0.29) is 11.0 Å². The van der Waals surface area contributed by atoms with Gasteiger partial charge >= 0.3 is 5.69 Å². The Morgan fingerprint density at radius 3 is 2.39 bits per heavy atom. The van der Waals surface area contributed by atoms with Crippen LogP contribution in [0.25, 0.3) is 11.0 Å². The first-order valence-corrected chi connectivity index (χ1v) is 7.84. The number of hydrogen-bond acceptors (Lipinski definition) is 5. The van der Waals surface area contributed by atoms with E-state index in [1.54, 1.807) is 0 Å². The van der Waals surface area contributed by atoms with Gasteiger partial charge in [-0.2, -0.15) is 12.5 Å². The van der Waals surface area contributed by atoms with E-state index in [9.17, 15) is 22.4 Å². The van der Waals surface area contributed by atoms with Crippen molar-refractivity contribution in [3.05, 3.63) is 57.1 Å². The summed E-state index contributed by atoms with van der Waals surface area (Å²) in [4.78, 5) is 23.4. The fourth-order valence-corrected chi connectivity index (χ4v) is 3.40. The number of rotatable bonds is 2. The molecule has 8 nitrogen and oxygen atoms in total. The topological polar surface area (TPSA) is 96.0 Å². The number of benzene rings is 1. The molecule has 0 unspecified atom stereocenters. The average Bonchev–Trinajstić information content (AvgIpc) is 2.97. The minimum absolute atomic E-state index is 0.0606. The molecule has 23 heavy (non-hydrogen) atoms. The quantitative estimate of drug-likeness (QED) is 0.645. The van der Waals surface area contributed by atoms with E-state index in [0.29, 0.717) is 4.09 Å². The Morgan fingerprint density at radius 2 is 1.74 bits per heavy atom. The van der Waals surface area contributed by atoms with Crippen molar-refractivity contribution in [2.75, 3.05) is 0 Å². The SMILES string of the molecule is Cn1c(=O)c2cn(S(=O)(=O)c3ccccc3F)nc2n(C)c1=O. The zero-order valence-electron chi connectivity index (χ0n) is 12.1. The van der Waals surface area contributed by atoms with Crippen LogP contribution in [0.15, 0.2) is 44.9 Å². The van der Waals surface area contributed by atoms with Gasteiger partial charge in [0.1, 0.15) is 16.1 Å². The highest BCUT2D eigenvalue weighted by atomic mass is 32.2. The van der Waals surface area contributed by atoms with Crippen LogP contribution in [0.2, 0.25) is 0 Å². The van der Waals surface area contributed by atoms with Crippen molar-refractivity contribution in [1.82, 2.24) is 18.3 Å². The molecule has 0 aliphatic heterocycles. The summed E-state index contributed by atoms with van der Waals surface area (Å²) in [5.41, 5.74) is -1.42. The third kappa shape index (κ3) is 2.10. The molecule has 0 radical (unpaired) electrons. The molecule has 0 saturated heterocycles. The Kier molecular flexibility index (Phi) is 3.22. The maximum Gasteiger partial charge on any atom is 0.332 e. The van der Waals surface area contributed by atoms with Crippen LogP contribution in [-0.2, 0) is 24.1 Å². The van der Waals surface area contributed by atoms with Gasteiger partial charge in [-0.15, -0.1) is 5.10 Å². The molecule has 3 rings (SSSR count). The van der Waals surface area contributed by atoms with Gasteiger partial charge in [-0.1, -0.05) is 12.1 Å². The van der Waals surface area contributed by atoms with Gasteiger partial charge in [0, 0.05) is 14.1 Å². The van der Waals surface area contributed by atoms with Gasteiger partial charge in [-0.25, -0.2) is 9.18 Å². The van der Waals surface area contributed by atoms with E-state index in [4.69, 9.17) is 0 Å². The zero-order valence-corrected chi connectivity index (χ0v) is 12.9. The standard InChI is InChI=1S/C13H11FN4O4S/c1-16-11-8(12(19)17(2)13(16)20)7-18(15-11)23(21,22)10-6-4-3-5-9(10)14/h3-7H,1-2H3. The number of nitrogens with zero attached hydrogens (tertiary/aromatic N) is 4.